The van der Waals surface area contributed by atoms with Crippen LogP contribution in [0.1, 0.15) is 19.4 Å². The van der Waals surface area contributed by atoms with Crippen molar-refractivity contribution < 1.29 is 23.8 Å². The molecule has 0 unspecified atom stereocenters. The molecule has 0 saturated heterocycles. The molecule has 7 nitrogen and oxygen atoms in total. The molecule has 0 spiro atoms. The zero-order valence-corrected chi connectivity index (χ0v) is 16.7. The Labute approximate surface area is 168 Å². The van der Waals surface area contributed by atoms with Gasteiger partial charge in [-0.25, -0.2) is 0 Å². The summed E-state index contributed by atoms with van der Waals surface area (Å²) in [7, 11) is 0. The third kappa shape index (κ3) is 6.66. The molecular weight excluding hydrogens is 384 g/mol. The van der Waals surface area contributed by atoms with Crippen LogP contribution in [0.2, 0.25) is 5.02 Å². The maximum atomic E-state index is 12.1. The predicted molar refractivity (Wildman–Crippen MR) is 106 cm³/mol. The van der Waals surface area contributed by atoms with Gasteiger partial charge in [-0.3, -0.25) is 20.4 Å². The summed E-state index contributed by atoms with van der Waals surface area (Å²) in [6, 6.07) is 12.1. The Morgan fingerprint density at radius 1 is 1.04 bits per heavy atom. The van der Waals surface area contributed by atoms with Crippen molar-refractivity contribution in [3.05, 3.63) is 53.1 Å². The highest BCUT2D eigenvalue weighted by Gasteiger charge is 2.16. The van der Waals surface area contributed by atoms with E-state index < -0.39 is 17.9 Å². The van der Waals surface area contributed by atoms with Crippen molar-refractivity contribution in [3.8, 4) is 17.2 Å². The summed E-state index contributed by atoms with van der Waals surface area (Å²) in [5.41, 5.74) is 5.52. The van der Waals surface area contributed by atoms with Crippen LogP contribution in [0.25, 0.3) is 0 Å². The number of benzene rings is 2. The van der Waals surface area contributed by atoms with Gasteiger partial charge in [0.2, 0.25) is 0 Å². The molecule has 0 radical (unpaired) electrons. The van der Waals surface area contributed by atoms with Crippen molar-refractivity contribution in [2.24, 2.45) is 0 Å². The third-order valence-corrected chi connectivity index (χ3v) is 3.90. The van der Waals surface area contributed by atoms with Crippen LogP contribution in [-0.4, -0.2) is 31.1 Å². The Kier molecular flexibility index (Phi) is 7.95. The highest BCUT2D eigenvalue weighted by atomic mass is 35.5. The summed E-state index contributed by atoms with van der Waals surface area (Å²) >= 11 is 6.00. The Balaban J connectivity index is 1.75. The van der Waals surface area contributed by atoms with E-state index in [9.17, 15) is 9.59 Å². The first-order valence-corrected chi connectivity index (χ1v) is 9.14. The summed E-state index contributed by atoms with van der Waals surface area (Å²) in [5, 5.41) is 0.403. The predicted octanol–water partition coefficient (Wildman–Crippen LogP) is 3.04. The number of halogens is 1. The summed E-state index contributed by atoms with van der Waals surface area (Å²) in [6.45, 7) is 5.62. The van der Waals surface area contributed by atoms with Gasteiger partial charge in [-0.15, -0.1) is 0 Å². The molecule has 8 heteroatoms. The van der Waals surface area contributed by atoms with Gasteiger partial charge in [0.1, 0.15) is 17.2 Å². The van der Waals surface area contributed by atoms with Crippen LogP contribution in [0.5, 0.6) is 17.2 Å². The molecular formula is C20H23ClN2O5. The molecule has 0 fully saturated rings. The standard InChI is InChI=1S/C20H23ClN2O5/c1-4-26-15-6-8-16(9-7-15)28-14(3)20(25)23-22-19(24)12-27-18-11-13(2)5-10-17(18)21/h5-11,14H,4,12H2,1-3H3,(H,22,24)(H,23,25)/t14-/m0/s1. The molecule has 0 bridgehead atoms. The first kappa shape index (κ1) is 21.4. The van der Waals surface area contributed by atoms with Gasteiger partial charge in [-0.05, 0) is 62.7 Å². The number of hydrazine groups is 1. The molecule has 2 N–H and O–H groups in total. The van der Waals surface area contributed by atoms with Crippen molar-refractivity contribution in [3.63, 3.8) is 0 Å². The number of rotatable bonds is 8. The van der Waals surface area contributed by atoms with Crippen molar-refractivity contribution in [1.82, 2.24) is 10.9 Å². The lowest BCUT2D eigenvalue weighted by molar-refractivity contribution is -0.133. The van der Waals surface area contributed by atoms with Gasteiger partial charge < -0.3 is 14.2 Å². The third-order valence-electron chi connectivity index (χ3n) is 3.59. The van der Waals surface area contributed by atoms with E-state index in [1.807, 2.05) is 19.9 Å². The number of aryl methyl sites for hydroxylation is 1. The number of carbonyl (C=O) groups is 2. The molecule has 2 amide bonds. The van der Waals surface area contributed by atoms with E-state index in [0.29, 0.717) is 28.9 Å². The van der Waals surface area contributed by atoms with Crippen LogP contribution in [0.3, 0.4) is 0 Å². The van der Waals surface area contributed by atoms with Gasteiger partial charge >= 0.3 is 0 Å². The van der Waals surface area contributed by atoms with E-state index in [2.05, 4.69) is 10.9 Å². The number of ether oxygens (including phenoxy) is 3. The minimum absolute atomic E-state index is 0.294. The number of amides is 2. The first-order chi connectivity index (χ1) is 13.4. The maximum Gasteiger partial charge on any atom is 0.279 e. The van der Waals surface area contributed by atoms with Crippen LogP contribution in [0, 0.1) is 6.92 Å². The van der Waals surface area contributed by atoms with Crippen molar-refractivity contribution in [2.75, 3.05) is 13.2 Å². The van der Waals surface area contributed by atoms with Crippen molar-refractivity contribution in [1.29, 1.82) is 0 Å². The second-order valence-electron chi connectivity index (χ2n) is 5.92. The fourth-order valence-corrected chi connectivity index (χ4v) is 2.34. The fourth-order valence-electron chi connectivity index (χ4n) is 2.17. The van der Waals surface area contributed by atoms with Gasteiger partial charge in [-0.2, -0.15) is 0 Å². The molecule has 0 aliphatic heterocycles. The molecule has 2 aromatic carbocycles. The van der Waals surface area contributed by atoms with Crippen LogP contribution < -0.4 is 25.1 Å². The summed E-state index contributed by atoms with van der Waals surface area (Å²) < 4.78 is 16.2. The largest absolute Gasteiger partial charge is 0.494 e. The summed E-state index contributed by atoms with van der Waals surface area (Å²) in [5.74, 6) is 0.591. The fraction of sp³-hybridized carbons (Fsp3) is 0.300. The lowest BCUT2D eigenvalue weighted by Crippen LogP contribution is -2.48. The van der Waals surface area contributed by atoms with E-state index in [1.54, 1.807) is 43.3 Å². The molecule has 0 aromatic heterocycles. The molecule has 28 heavy (non-hydrogen) atoms. The van der Waals surface area contributed by atoms with Gasteiger partial charge in [0.05, 0.1) is 11.6 Å². The monoisotopic (exact) mass is 406 g/mol. The van der Waals surface area contributed by atoms with Gasteiger partial charge in [0.15, 0.2) is 12.7 Å². The molecule has 0 saturated carbocycles. The average Bonchev–Trinajstić information content (AvgIpc) is 2.68. The van der Waals surface area contributed by atoms with E-state index in [4.69, 9.17) is 25.8 Å². The molecule has 0 heterocycles. The number of hydrogen-bond acceptors (Lipinski definition) is 5. The van der Waals surface area contributed by atoms with Gasteiger partial charge in [-0.1, -0.05) is 17.7 Å². The lowest BCUT2D eigenvalue weighted by atomic mass is 10.2. The topological polar surface area (TPSA) is 85.9 Å². The molecule has 2 aromatic rings. The number of nitrogens with one attached hydrogen (secondary N) is 2. The summed E-state index contributed by atoms with van der Waals surface area (Å²) in [4.78, 5) is 23.9. The van der Waals surface area contributed by atoms with Crippen molar-refractivity contribution >= 4 is 23.4 Å². The normalized spacial score (nSPS) is 11.3. The van der Waals surface area contributed by atoms with Crippen LogP contribution in [0.4, 0.5) is 0 Å². The minimum Gasteiger partial charge on any atom is -0.494 e. The van der Waals surface area contributed by atoms with E-state index >= 15 is 0 Å². The Morgan fingerprint density at radius 2 is 1.71 bits per heavy atom. The van der Waals surface area contributed by atoms with Crippen LogP contribution >= 0.6 is 11.6 Å². The molecule has 150 valence electrons. The molecule has 1 atom stereocenters. The zero-order valence-electron chi connectivity index (χ0n) is 16.0. The maximum absolute atomic E-state index is 12.1. The van der Waals surface area contributed by atoms with Gasteiger partial charge in [0.25, 0.3) is 11.8 Å². The quantitative estimate of drug-likeness (QED) is 0.658. The second-order valence-corrected chi connectivity index (χ2v) is 6.33. The molecule has 0 aliphatic rings. The second kappa shape index (κ2) is 10.4. The van der Waals surface area contributed by atoms with E-state index in [0.717, 1.165) is 5.56 Å². The molecule has 2 rings (SSSR count). The molecule has 0 aliphatic carbocycles. The highest BCUT2D eigenvalue weighted by Crippen LogP contribution is 2.25. The average molecular weight is 407 g/mol. The number of carbonyl (C=O) groups excluding carboxylic acids is 2. The van der Waals surface area contributed by atoms with E-state index in [-0.39, 0.29) is 6.61 Å². The Morgan fingerprint density at radius 3 is 2.39 bits per heavy atom. The zero-order chi connectivity index (χ0) is 20.5. The lowest BCUT2D eigenvalue weighted by Gasteiger charge is -2.15. The smallest absolute Gasteiger partial charge is 0.279 e. The van der Waals surface area contributed by atoms with Crippen molar-refractivity contribution in [2.45, 2.75) is 26.9 Å². The first-order valence-electron chi connectivity index (χ1n) is 8.76. The van der Waals surface area contributed by atoms with Crippen LogP contribution in [0.15, 0.2) is 42.5 Å². The van der Waals surface area contributed by atoms with Gasteiger partial charge in [0, 0.05) is 0 Å². The van der Waals surface area contributed by atoms with Crippen LogP contribution in [-0.2, 0) is 9.59 Å². The Bertz CT molecular complexity index is 811. The highest BCUT2D eigenvalue weighted by molar-refractivity contribution is 6.32. The SMILES string of the molecule is CCOc1ccc(O[C@@H](C)C(=O)NNC(=O)COc2cc(C)ccc2Cl)cc1. The summed E-state index contributed by atoms with van der Waals surface area (Å²) in [6.07, 6.45) is -0.814. The number of hydrogen-bond donors (Lipinski definition) is 2. The van der Waals surface area contributed by atoms with E-state index in [1.165, 1.54) is 0 Å². The Hall–Kier alpha value is -2.93. The minimum atomic E-state index is -0.814.